The van der Waals surface area contributed by atoms with Crippen molar-refractivity contribution in [2.75, 3.05) is 31.1 Å². The van der Waals surface area contributed by atoms with Gasteiger partial charge in [-0.05, 0) is 18.2 Å². The zero-order valence-corrected chi connectivity index (χ0v) is 14.4. The molecule has 25 heavy (non-hydrogen) atoms. The number of amides is 1. The molecule has 1 amide bonds. The smallest absolute Gasteiger partial charge is 0.226 e. The molecule has 0 aliphatic carbocycles. The summed E-state index contributed by atoms with van der Waals surface area (Å²) in [7, 11) is 0. The fourth-order valence-electron chi connectivity index (χ4n) is 3.08. The van der Waals surface area contributed by atoms with Crippen LogP contribution in [-0.4, -0.2) is 47.5 Å². The highest BCUT2D eigenvalue weighted by Gasteiger charge is 2.20. The lowest BCUT2D eigenvalue weighted by Crippen LogP contribution is -2.46. The maximum Gasteiger partial charge on any atom is 0.226 e. The number of hydrogen-bond acceptors (Lipinski definition) is 4. The quantitative estimate of drug-likeness (QED) is 0.679. The highest BCUT2D eigenvalue weighted by atomic mass is 35.5. The van der Waals surface area contributed by atoms with Gasteiger partial charge in [0.1, 0.15) is 0 Å². The lowest BCUT2D eigenvalue weighted by atomic mass is 10.1. The van der Waals surface area contributed by atoms with E-state index in [0.29, 0.717) is 24.1 Å². The van der Waals surface area contributed by atoms with Crippen molar-refractivity contribution in [1.82, 2.24) is 14.9 Å². The predicted molar refractivity (Wildman–Crippen MR) is 99.8 cm³/mol. The Bertz CT molecular complexity index is 908. The second kappa shape index (κ2) is 6.69. The molecule has 0 unspecified atom stereocenters. The second-order valence-electron chi connectivity index (χ2n) is 6.03. The maximum absolute atomic E-state index is 10.9. The van der Waals surface area contributed by atoms with Crippen molar-refractivity contribution in [3.63, 3.8) is 0 Å². The van der Waals surface area contributed by atoms with Gasteiger partial charge in [0.15, 0.2) is 0 Å². The van der Waals surface area contributed by atoms with Gasteiger partial charge >= 0.3 is 0 Å². The van der Waals surface area contributed by atoms with Crippen LogP contribution in [0.15, 0.2) is 48.5 Å². The van der Waals surface area contributed by atoms with E-state index in [4.69, 9.17) is 21.6 Å². The molecule has 5 nitrogen and oxygen atoms in total. The van der Waals surface area contributed by atoms with Crippen molar-refractivity contribution in [3.05, 3.63) is 53.6 Å². The lowest BCUT2D eigenvalue weighted by molar-refractivity contribution is -0.118. The number of fused-ring (bicyclic) bond motifs is 1. The highest BCUT2D eigenvalue weighted by molar-refractivity contribution is 6.31. The SMILES string of the molecule is O=CN1CCN(c2nc(-c3ccccc3)c3ccc(Cl)cc3n2)CC1. The van der Waals surface area contributed by atoms with Crippen molar-refractivity contribution in [2.24, 2.45) is 0 Å². The van der Waals surface area contributed by atoms with Crippen LogP contribution in [-0.2, 0) is 4.79 Å². The van der Waals surface area contributed by atoms with Gasteiger partial charge in [0.2, 0.25) is 12.4 Å². The molecule has 1 aliphatic rings. The molecule has 0 radical (unpaired) electrons. The van der Waals surface area contributed by atoms with Crippen LogP contribution >= 0.6 is 11.6 Å². The molecule has 1 fully saturated rings. The molecule has 2 aromatic carbocycles. The Kier molecular flexibility index (Phi) is 4.24. The standard InChI is InChI=1S/C19H17ClN4O/c20-15-6-7-16-17(12-15)21-19(24-10-8-23(13-25)9-11-24)22-18(16)14-4-2-1-3-5-14/h1-7,12-13H,8-11H2. The first-order valence-electron chi connectivity index (χ1n) is 8.21. The van der Waals surface area contributed by atoms with Crippen molar-refractivity contribution in [3.8, 4) is 11.3 Å². The van der Waals surface area contributed by atoms with Crippen molar-refractivity contribution >= 4 is 34.9 Å². The summed E-state index contributed by atoms with van der Waals surface area (Å²) in [4.78, 5) is 24.4. The minimum absolute atomic E-state index is 0.655. The summed E-state index contributed by atoms with van der Waals surface area (Å²) in [6.07, 6.45) is 0.897. The Morgan fingerprint density at radius 3 is 2.44 bits per heavy atom. The average molecular weight is 353 g/mol. The third kappa shape index (κ3) is 3.15. The number of aromatic nitrogens is 2. The molecule has 1 aliphatic heterocycles. The summed E-state index contributed by atoms with van der Waals surface area (Å²) in [6, 6.07) is 15.8. The van der Waals surface area contributed by atoms with Crippen LogP contribution in [0.5, 0.6) is 0 Å². The van der Waals surface area contributed by atoms with Crippen LogP contribution in [0.1, 0.15) is 0 Å². The number of anilines is 1. The topological polar surface area (TPSA) is 49.3 Å². The third-order valence-corrected chi connectivity index (χ3v) is 4.68. The van der Waals surface area contributed by atoms with E-state index in [-0.39, 0.29) is 0 Å². The number of rotatable bonds is 3. The van der Waals surface area contributed by atoms with Gasteiger partial charge in [-0.3, -0.25) is 4.79 Å². The molecular weight excluding hydrogens is 336 g/mol. The van der Waals surface area contributed by atoms with Gasteiger partial charge in [-0.25, -0.2) is 9.97 Å². The number of hydrogen-bond donors (Lipinski definition) is 0. The van der Waals surface area contributed by atoms with Crippen LogP contribution in [0.2, 0.25) is 5.02 Å². The number of carbonyl (C=O) groups excluding carboxylic acids is 1. The zero-order valence-electron chi connectivity index (χ0n) is 13.6. The Morgan fingerprint density at radius 2 is 1.72 bits per heavy atom. The van der Waals surface area contributed by atoms with Gasteiger partial charge in [-0.15, -0.1) is 0 Å². The van der Waals surface area contributed by atoms with E-state index in [1.807, 2.05) is 48.5 Å². The minimum Gasteiger partial charge on any atom is -0.342 e. The molecule has 0 spiro atoms. The van der Waals surface area contributed by atoms with Crippen LogP contribution in [0, 0.1) is 0 Å². The maximum atomic E-state index is 10.9. The molecule has 0 saturated carbocycles. The summed E-state index contributed by atoms with van der Waals surface area (Å²) in [5, 5.41) is 1.63. The summed E-state index contributed by atoms with van der Waals surface area (Å²) >= 11 is 6.17. The van der Waals surface area contributed by atoms with E-state index >= 15 is 0 Å². The number of benzene rings is 2. The molecule has 3 aromatic rings. The van der Waals surface area contributed by atoms with Crippen LogP contribution in [0.4, 0.5) is 5.95 Å². The summed E-state index contributed by atoms with van der Waals surface area (Å²) in [6.45, 7) is 2.81. The minimum atomic E-state index is 0.655. The summed E-state index contributed by atoms with van der Waals surface area (Å²) in [5.74, 6) is 0.680. The number of piperazine rings is 1. The highest BCUT2D eigenvalue weighted by Crippen LogP contribution is 2.30. The van der Waals surface area contributed by atoms with Crippen molar-refractivity contribution in [1.29, 1.82) is 0 Å². The summed E-state index contributed by atoms with van der Waals surface area (Å²) in [5.41, 5.74) is 2.77. The first-order chi connectivity index (χ1) is 12.2. The van der Waals surface area contributed by atoms with E-state index in [9.17, 15) is 4.79 Å². The Hall–Kier alpha value is -2.66. The Morgan fingerprint density at radius 1 is 0.960 bits per heavy atom. The zero-order chi connectivity index (χ0) is 17.2. The molecule has 2 heterocycles. The molecule has 1 saturated heterocycles. The van der Waals surface area contributed by atoms with Gasteiger partial charge < -0.3 is 9.80 Å². The molecule has 126 valence electrons. The van der Waals surface area contributed by atoms with Crippen LogP contribution in [0.3, 0.4) is 0 Å². The number of halogens is 1. The first kappa shape index (κ1) is 15.8. The molecule has 0 atom stereocenters. The third-order valence-electron chi connectivity index (χ3n) is 4.44. The predicted octanol–water partition coefficient (Wildman–Crippen LogP) is 3.23. The van der Waals surface area contributed by atoms with E-state index < -0.39 is 0 Å². The Balaban J connectivity index is 1.82. The normalized spacial score (nSPS) is 14.8. The Labute approximate surface area is 150 Å². The fraction of sp³-hybridized carbons (Fsp3) is 0.211. The second-order valence-corrected chi connectivity index (χ2v) is 6.46. The molecule has 1 aromatic heterocycles. The lowest BCUT2D eigenvalue weighted by Gasteiger charge is -2.32. The fourth-order valence-corrected chi connectivity index (χ4v) is 3.24. The van der Waals surface area contributed by atoms with E-state index in [2.05, 4.69) is 4.90 Å². The molecule has 4 rings (SSSR count). The van der Waals surface area contributed by atoms with Crippen LogP contribution < -0.4 is 4.90 Å². The average Bonchev–Trinajstić information content (AvgIpc) is 2.67. The van der Waals surface area contributed by atoms with E-state index in [1.165, 1.54) is 0 Å². The van der Waals surface area contributed by atoms with E-state index in [0.717, 1.165) is 41.7 Å². The molecule has 0 bridgehead atoms. The number of carbonyl (C=O) groups is 1. The molecule has 0 N–H and O–H groups in total. The van der Waals surface area contributed by atoms with Gasteiger partial charge in [-0.1, -0.05) is 41.9 Å². The summed E-state index contributed by atoms with van der Waals surface area (Å²) < 4.78 is 0. The molecule has 6 heteroatoms. The number of nitrogens with zero attached hydrogens (tertiary/aromatic N) is 4. The van der Waals surface area contributed by atoms with E-state index in [1.54, 1.807) is 4.90 Å². The molecular formula is C19H17ClN4O. The van der Waals surface area contributed by atoms with Crippen molar-refractivity contribution in [2.45, 2.75) is 0 Å². The first-order valence-corrected chi connectivity index (χ1v) is 8.59. The van der Waals surface area contributed by atoms with Gasteiger partial charge in [0, 0.05) is 42.2 Å². The van der Waals surface area contributed by atoms with Crippen LogP contribution in [0.25, 0.3) is 22.2 Å². The monoisotopic (exact) mass is 352 g/mol. The largest absolute Gasteiger partial charge is 0.342 e. The van der Waals surface area contributed by atoms with Gasteiger partial charge in [0.25, 0.3) is 0 Å². The van der Waals surface area contributed by atoms with Gasteiger partial charge in [-0.2, -0.15) is 0 Å². The van der Waals surface area contributed by atoms with Crippen molar-refractivity contribution < 1.29 is 4.79 Å². The van der Waals surface area contributed by atoms with Gasteiger partial charge in [0.05, 0.1) is 11.2 Å².